The summed E-state index contributed by atoms with van der Waals surface area (Å²) in [6.45, 7) is 8.65. The summed E-state index contributed by atoms with van der Waals surface area (Å²) in [7, 11) is 0. The molecule has 1 N–H and O–H groups in total. The smallest absolute Gasteiger partial charge is 0.231 e. The lowest BCUT2D eigenvalue weighted by atomic mass is 10.2. The van der Waals surface area contributed by atoms with Crippen molar-refractivity contribution in [3.8, 4) is 17.2 Å². The maximum atomic E-state index is 10.1. The fourth-order valence-corrected chi connectivity index (χ4v) is 2.80. The van der Waals surface area contributed by atoms with Gasteiger partial charge >= 0.3 is 0 Å². The highest BCUT2D eigenvalue weighted by Crippen LogP contribution is 2.35. The van der Waals surface area contributed by atoms with Crippen molar-refractivity contribution in [2.45, 2.75) is 13.0 Å². The lowest BCUT2D eigenvalue weighted by Gasteiger charge is -2.34. The summed E-state index contributed by atoms with van der Waals surface area (Å²) in [5.41, 5.74) is 0. The van der Waals surface area contributed by atoms with E-state index in [-0.39, 0.29) is 38.2 Å². The Morgan fingerprint density at radius 2 is 1.75 bits per heavy atom. The van der Waals surface area contributed by atoms with Gasteiger partial charge in [0, 0.05) is 38.8 Å². The monoisotopic (exact) mass is 378 g/mol. The van der Waals surface area contributed by atoms with Crippen LogP contribution in [0, 0.1) is 0 Å². The van der Waals surface area contributed by atoms with Gasteiger partial charge in [0.2, 0.25) is 6.79 Å². The molecule has 1 aromatic carbocycles. The Morgan fingerprint density at radius 3 is 2.46 bits per heavy atom. The molecule has 1 saturated heterocycles. The van der Waals surface area contributed by atoms with Crippen LogP contribution in [0.1, 0.15) is 6.92 Å². The van der Waals surface area contributed by atoms with Crippen molar-refractivity contribution < 1.29 is 44.1 Å². The fraction of sp³-hybridized carbons (Fsp3) is 0.625. The van der Waals surface area contributed by atoms with Crippen molar-refractivity contribution in [1.29, 1.82) is 0 Å². The first-order chi connectivity index (χ1) is 10.7. The van der Waals surface area contributed by atoms with Gasteiger partial charge in [-0.25, -0.2) is 0 Å². The number of likely N-dealkylation sites (N-methyl/N-ethyl adjacent to an activating group) is 1. The summed E-state index contributed by atoms with van der Waals surface area (Å²) in [6, 6.07) is 5.46. The predicted octanol–water partition coefficient (Wildman–Crippen LogP) is -5.20. The van der Waals surface area contributed by atoms with Crippen LogP contribution in [0.3, 0.4) is 0 Å². The van der Waals surface area contributed by atoms with E-state index >= 15 is 0 Å². The zero-order chi connectivity index (χ0) is 15.4. The number of piperazine rings is 1. The number of aliphatic hydroxyl groups is 1. The minimum atomic E-state index is -0.487. The second-order valence-corrected chi connectivity index (χ2v) is 5.71. The first kappa shape index (κ1) is 21.1. The lowest BCUT2D eigenvalue weighted by Crippen LogP contribution is -3.00. The van der Waals surface area contributed by atoms with Crippen molar-refractivity contribution in [1.82, 2.24) is 9.80 Å². The molecule has 2 heterocycles. The van der Waals surface area contributed by atoms with Gasteiger partial charge in [-0.1, -0.05) is 6.92 Å². The fourth-order valence-electron chi connectivity index (χ4n) is 2.80. The predicted molar refractivity (Wildman–Crippen MR) is 82.6 cm³/mol. The van der Waals surface area contributed by atoms with E-state index in [9.17, 15) is 5.11 Å². The molecule has 2 aliphatic rings. The van der Waals surface area contributed by atoms with Crippen molar-refractivity contribution in [3.05, 3.63) is 18.2 Å². The summed E-state index contributed by atoms with van der Waals surface area (Å²) in [5.74, 6) is 2.13. The van der Waals surface area contributed by atoms with Crippen LogP contribution in [0.15, 0.2) is 18.2 Å². The molecule has 24 heavy (non-hydrogen) atoms. The normalized spacial score (nSPS) is 18.4. The molecular weight excluding hydrogens is 355 g/mol. The first-order valence-corrected chi connectivity index (χ1v) is 7.90. The van der Waals surface area contributed by atoms with Crippen LogP contribution in [0.2, 0.25) is 0 Å². The van der Waals surface area contributed by atoms with Gasteiger partial charge in [-0.2, -0.15) is 0 Å². The minimum Gasteiger partial charge on any atom is -1.00 e. The van der Waals surface area contributed by atoms with Crippen LogP contribution in [0.5, 0.6) is 17.2 Å². The lowest BCUT2D eigenvalue weighted by molar-refractivity contribution is -0.00100. The third kappa shape index (κ3) is 5.57. The molecule has 0 aromatic heterocycles. The van der Waals surface area contributed by atoms with Crippen molar-refractivity contribution in [2.24, 2.45) is 0 Å². The molecule has 3 rings (SSSR count). The van der Waals surface area contributed by atoms with Crippen molar-refractivity contribution in [2.75, 3.05) is 52.7 Å². The minimum absolute atomic E-state index is 0. The van der Waals surface area contributed by atoms with Crippen molar-refractivity contribution in [3.63, 3.8) is 0 Å². The second-order valence-electron chi connectivity index (χ2n) is 5.71. The van der Waals surface area contributed by atoms with E-state index in [1.165, 1.54) is 0 Å². The number of benzene rings is 1. The highest BCUT2D eigenvalue weighted by atomic mass is 35.5. The number of halogens is 2. The van der Waals surface area contributed by atoms with E-state index in [2.05, 4.69) is 16.7 Å². The summed E-state index contributed by atoms with van der Waals surface area (Å²) in [5, 5.41) is 10.1. The van der Waals surface area contributed by atoms with Crippen LogP contribution < -0.4 is 39.0 Å². The molecule has 0 amide bonds. The Labute approximate surface area is 155 Å². The van der Waals surface area contributed by atoms with Gasteiger partial charge in [0.15, 0.2) is 11.5 Å². The van der Waals surface area contributed by atoms with Crippen LogP contribution >= 0.6 is 0 Å². The number of hydrogen-bond acceptors (Lipinski definition) is 6. The number of nitrogens with zero attached hydrogens (tertiary/aromatic N) is 2. The quantitative estimate of drug-likeness (QED) is 0.534. The molecule has 0 radical (unpaired) electrons. The summed E-state index contributed by atoms with van der Waals surface area (Å²) in [6.07, 6.45) is -0.487. The topological polar surface area (TPSA) is 54.4 Å². The average molecular weight is 379 g/mol. The zero-order valence-electron chi connectivity index (χ0n) is 13.8. The van der Waals surface area contributed by atoms with Crippen LogP contribution in [-0.4, -0.2) is 73.7 Å². The Balaban J connectivity index is 0.00000144. The molecule has 0 bridgehead atoms. The van der Waals surface area contributed by atoms with Crippen LogP contribution in [-0.2, 0) is 0 Å². The Bertz CT molecular complexity index is 499. The average Bonchev–Trinajstić information content (AvgIpc) is 3.01. The third-order valence-corrected chi connectivity index (χ3v) is 4.17. The number of hydrogen-bond donors (Lipinski definition) is 1. The molecular formula is C16H24Cl2N2O4-2. The van der Waals surface area contributed by atoms with Crippen LogP contribution in [0.4, 0.5) is 0 Å². The van der Waals surface area contributed by atoms with E-state index < -0.39 is 6.10 Å². The zero-order valence-corrected chi connectivity index (χ0v) is 15.3. The standard InChI is InChI=1S/C16H24N2O4.2ClH/c1-2-17-5-7-18(8-6-17)10-13(19)11-20-14-3-4-15-16(9-14)22-12-21-15;;/h3-4,9,13,19H,2,5-8,10-12H2,1H3;2*1H/p-2. The number of rotatable bonds is 6. The molecule has 0 spiro atoms. The maximum absolute atomic E-state index is 10.1. The van der Waals surface area contributed by atoms with Gasteiger partial charge < -0.3 is 49.0 Å². The molecule has 138 valence electrons. The molecule has 1 unspecified atom stereocenters. The molecule has 1 atom stereocenters. The number of ether oxygens (including phenoxy) is 3. The van der Waals surface area contributed by atoms with E-state index in [1.807, 2.05) is 12.1 Å². The SMILES string of the molecule is CCN1CCN(CC(O)COc2ccc3c(c2)OCO3)CC1.[Cl-].[Cl-]. The van der Waals surface area contributed by atoms with Gasteiger partial charge in [-0.05, 0) is 18.7 Å². The molecule has 6 nitrogen and oxygen atoms in total. The number of β-amino-alcohol motifs (C(OH)–C–C–N with tert-alkyl or cyclic N) is 1. The number of fused-ring (bicyclic) bond motifs is 1. The largest absolute Gasteiger partial charge is 1.00 e. The third-order valence-electron chi connectivity index (χ3n) is 4.17. The molecule has 1 aromatic rings. The molecule has 0 saturated carbocycles. The van der Waals surface area contributed by atoms with E-state index in [1.54, 1.807) is 6.07 Å². The Kier molecular flexibility index (Phi) is 8.94. The van der Waals surface area contributed by atoms with Gasteiger partial charge in [-0.3, -0.25) is 4.90 Å². The first-order valence-electron chi connectivity index (χ1n) is 7.90. The van der Waals surface area contributed by atoms with Gasteiger partial charge in [0.05, 0.1) is 0 Å². The molecule has 8 heteroatoms. The maximum Gasteiger partial charge on any atom is 0.231 e. The second kappa shape index (κ2) is 10.2. The van der Waals surface area contributed by atoms with Gasteiger partial charge in [0.1, 0.15) is 18.5 Å². The van der Waals surface area contributed by atoms with E-state index in [0.29, 0.717) is 18.0 Å². The molecule has 0 aliphatic carbocycles. The Hall–Kier alpha value is -0.920. The van der Waals surface area contributed by atoms with Crippen molar-refractivity contribution >= 4 is 0 Å². The highest BCUT2D eigenvalue weighted by Gasteiger charge is 2.19. The van der Waals surface area contributed by atoms with E-state index in [0.717, 1.165) is 38.5 Å². The number of aliphatic hydroxyl groups excluding tert-OH is 1. The summed E-state index contributed by atoms with van der Waals surface area (Å²) < 4.78 is 16.2. The summed E-state index contributed by atoms with van der Waals surface area (Å²) >= 11 is 0. The van der Waals surface area contributed by atoms with Gasteiger partial charge in [0.25, 0.3) is 0 Å². The van der Waals surface area contributed by atoms with E-state index in [4.69, 9.17) is 14.2 Å². The summed E-state index contributed by atoms with van der Waals surface area (Å²) in [4.78, 5) is 4.71. The van der Waals surface area contributed by atoms with Gasteiger partial charge in [-0.15, -0.1) is 0 Å². The Morgan fingerprint density at radius 1 is 1.08 bits per heavy atom. The highest BCUT2D eigenvalue weighted by molar-refractivity contribution is 5.46. The molecule has 1 fully saturated rings. The van der Waals surface area contributed by atoms with Crippen LogP contribution in [0.25, 0.3) is 0 Å². The molecule has 2 aliphatic heterocycles.